The number of rotatable bonds is 6. The molecule has 29 heavy (non-hydrogen) atoms. The molecule has 8 heteroatoms. The molecular weight excluding hydrogens is 370 g/mol. The first-order chi connectivity index (χ1) is 13.9. The SMILES string of the molecule is CC(C)NC(=O)Nc1ccc(NC(=O)CCc2nc3ccccc3c(=O)[nH]2)cc1. The van der Waals surface area contributed by atoms with Crippen LogP contribution in [0.2, 0.25) is 0 Å². The molecule has 3 amide bonds. The van der Waals surface area contributed by atoms with E-state index in [0.29, 0.717) is 34.5 Å². The molecule has 1 aromatic heterocycles. The minimum absolute atomic E-state index is 0.0422. The molecule has 0 unspecified atom stereocenters. The molecule has 0 aliphatic carbocycles. The standard InChI is InChI=1S/C21H23N5O3/c1-13(2)22-21(29)24-15-9-7-14(8-10-15)23-19(27)12-11-18-25-17-6-4-3-5-16(17)20(28)26-18/h3-10,13H,11-12H2,1-2H3,(H,23,27)(H2,22,24,29)(H,25,26,28). The van der Waals surface area contributed by atoms with E-state index in [2.05, 4.69) is 25.9 Å². The van der Waals surface area contributed by atoms with E-state index in [1.165, 1.54) is 0 Å². The number of nitrogens with one attached hydrogen (secondary N) is 4. The summed E-state index contributed by atoms with van der Waals surface area (Å²) < 4.78 is 0. The number of hydrogen-bond donors (Lipinski definition) is 4. The summed E-state index contributed by atoms with van der Waals surface area (Å²) in [6.45, 7) is 3.75. The molecule has 3 rings (SSSR count). The molecule has 150 valence electrons. The van der Waals surface area contributed by atoms with E-state index in [4.69, 9.17) is 0 Å². The van der Waals surface area contributed by atoms with Gasteiger partial charge in [-0.15, -0.1) is 0 Å². The van der Waals surface area contributed by atoms with Crippen molar-refractivity contribution in [2.75, 3.05) is 10.6 Å². The third-order valence-corrected chi connectivity index (χ3v) is 4.10. The minimum atomic E-state index is -0.284. The number of benzene rings is 2. The highest BCUT2D eigenvalue weighted by molar-refractivity contribution is 5.92. The number of aryl methyl sites for hydroxylation is 1. The van der Waals surface area contributed by atoms with Crippen LogP contribution in [0.3, 0.4) is 0 Å². The van der Waals surface area contributed by atoms with Crippen molar-refractivity contribution >= 4 is 34.2 Å². The monoisotopic (exact) mass is 393 g/mol. The Morgan fingerprint density at radius 3 is 2.34 bits per heavy atom. The lowest BCUT2D eigenvalue weighted by molar-refractivity contribution is -0.116. The molecule has 0 fully saturated rings. The van der Waals surface area contributed by atoms with Crippen molar-refractivity contribution in [3.8, 4) is 0 Å². The Labute approximate surface area is 167 Å². The van der Waals surface area contributed by atoms with Gasteiger partial charge in [0.25, 0.3) is 5.56 Å². The van der Waals surface area contributed by atoms with Crippen LogP contribution in [0.5, 0.6) is 0 Å². The zero-order chi connectivity index (χ0) is 20.8. The fraction of sp³-hybridized carbons (Fsp3) is 0.238. The van der Waals surface area contributed by atoms with Crippen molar-refractivity contribution in [1.82, 2.24) is 15.3 Å². The highest BCUT2D eigenvalue weighted by atomic mass is 16.2. The van der Waals surface area contributed by atoms with Gasteiger partial charge in [-0.1, -0.05) is 12.1 Å². The second-order valence-corrected chi connectivity index (χ2v) is 6.91. The minimum Gasteiger partial charge on any atom is -0.336 e. The fourth-order valence-corrected chi connectivity index (χ4v) is 2.77. The number of aromatic nitrogens is 2. The lowest BCUT2D eigenvalue weighted by atomic mass is 10.2. The van der Waals surface area contributed by atoms with Crippen LogP contribution in [0.1, 0.15) is 26.1 Å². The maximum absolute atomic E-state index is 12.2. The van der Waals surface area contributed by atoms with E-state index >= 15 is 0 Å². The number of anilines is 2. The summed E-state index contributed by atoms with van der Waals surface area (Å²) in [5.41, 5.74) is 1.63. The van der Waals surface area contributed by atoms with Gasteiger partial charge in [0.1, 0.15) is 5.82 Å². The van der Waals surface area contributed by atoms with Crippen molar-refractivity contribution in [3.05, 3.63) is 64.7 Å². The van der Waals surface area contributed by atoms with Gasteiger partial charge in [-0.2, -0.15) is 0 Å². The van der Waals surface area contributed by atoms with Crippen LogP contribution in [0.25, 0.3) is 10.9 Å². The van der Waals surface area contributed by atoms with Gasteiger partial charge in [0.05, 0.1) is 10.9 Å². The van der Waals surface area contributed by atoms with E-state index in [-0.39, 0.29) is 30.0 Å². The molecule has 0 saturated heterocycles. The molecule has 4 N–H and O–H groups in total. The largest absolute Gasteiger partial charge is 0.336 e. The number of carbonyl (C=O) groups excluding carboxylic acids is 2. The van der Waals surface area contributed by atoms with E-state index < -0.39 is 0 Å². The first kappa shape index (κ1) is 20.1. The molecule has 1 heterocycles. The van der Waals surface area contributed by atoms with Crippen LogP contribution in [0, 0.1) is 0 Å². The summed E-state index contributed by atoms with van der Waals surface area (Å²) in [5, 5.41) is 8.76. The number of aromatic amines is 1. The summed E-state index contributed by atoms with van der Waals surface area (Å²) in [5.74, 6) is 0.277. The second-order valence-electron chi connectivity index (χ2n) is 6.91. The van der Waals surface area contributed by atoms with Crippen LogP contribution in [-0.2, 0) is 11.2 Å². The van der Waals surface area contributed by atoms with E-state index in [0.717, 1.165) is 0 Å². The Morgan fingerprint density at radius 2 is 1.66 bits per heavy atom. The summed E-state index contributed by atoms with van der Waals surface area (Å²) in [7, 11) is 0. The Morgan fingerprint density at radius 1 is 1.00 bits per heavy atom. The first-order valence-electron chi connectivity index (χ1n) is 9.36. The molecule has 0 saturated carbocycles. The average Bonchev–Trinajstić information content (AvgIpc) is 2.67. The summed E-state index contributed by atoms with van der Waals surface area (Å²) in [6.07, 6.45) is 0.499. The number of amides is 3. The molecule has 0 bridgehead atoms. The number of nitrogens with zero attached hydrogens (tertiary/aromatic N) is 1. The van der Waals surface area contributed by atoms with Gasteiger partial charge in [0.15, 0.2) is 0 Å². The first-order valence-corrected chi connectivity index (χ1v) is 9.36. The number of H-pyrrole nitrogens is 1. The van der Waals surface area contributed by atoms with Gasteiger partial charge in [-0.05, 0) is 50.2 Å². The number of para-hydroxylation sites is 1. The van der Waals surface area contributed by atoms with Gasteiger partial charge < -0.3 is 20.9 Å². The lowest BCUT2D eigenvalue weighted by Gasteiger charge is -2.11. The number of hydrogen-bond acceptors (Lipinski definition) is 4. The van der Waals surface area contributed by atoms with E-state index in [1.807, 2.05) is 19.9 Å². The maximum Gasteiger partial charge on any atom is 0.319 e. The van der Waals surface area contributed by atoms with Crippen molar-refractivity contribution in [3.63, 3.8) is 0 Å². The van der Waals surface area contributed by atoms with Crippen LogP contribution < -0.4 is 21.5 Å². The fourth-order valence-electron chi connectivity index (χ4n) is 2.77. The number of fused-ring (bicyclic) bond motifs is 1. The molecule has 0 aliphatic rings. The maximum atomic E-state index is 12.2. The number of carbonyl (C=O) groups is 2. The van der Waals surface area contributed by atoms with E-state index in [9.17, 15) is 14.4 Å². The molecule has 0 atom stereocenters. The van der Waals surface area contributed by atoms with Gasteiger partial charge >= 0.3 is 6.03 Å². The molecular formula is C21H23N5O3. The van der Waals surface area contributed by atoms with Crippen LogP contribution in [0.15, 0.2) is 53.3 Å². The molecule has 2 aromatic carbocycles. The predicted molar refractivity (Wildman–Crippen MR) is 113 cm³/mol. The van der Waals surface area contributed by atoms with E-state index in [1.54, 1.807) is 42.5 Å². The third-order valence-electron chi connectivity index (χ3n) is 4.10. The Bertz CT molecular complexity index is 1070. The van der Waals surface area contributed by atoms with Crippen molar-refractivity contribution in [1.29, 1.82) is 0 Å². The van der Waals surface area contributed by atoms with Crippen LogP contribution >= 0.6 is 0 Å². The second kappa shape index (κ2) is 9.01. The summed E-state index contributed by atoms with van der Waals surface area (Å²) in [4.78, 5) is 43.1. The molecule has 0 radical (unpaired) electrons. The predicted octanol–water partition coefficient (Wildman–Crippen LogP) is 3.02. The smallest absolute Gasteiger partial charge is 0.319 e. The van der Waals surface area contributed by atoms with Crippen LogP contribution in [-0.4, -0.2) is 27.9 Å². The van der Waals surface area contributed by atoms with Gasteiger partial charge in [0.2, 0.25) is 5.91 Å². The van der Waals surface area contributed by atoms with Crippen LogP contribution in [0.4, 0.5) is 16.2 Å². The van der Waals surface area contributed by atoms with Crippen molar-refractivity contribution in [2.45, 2.75) is 32.7 Å². The highest BCUT2D eigenvalue weighted by Crippen LogP contribution is 2.14. The Kier molecular flexibility index (Phi) is 6.23. The van der Waals surface area contributed by atoms with Crippen molar-refractivity contribution < 1.29 is 9.59 Å². The number of urea groups is 1. The average molecular weight is 393 g/mol. The highest BCUT2D eigenvalue weighted by Gasteiger charge is 2.08. The Balaban J connectivity index is 1.54. The molecule has 3 aromatic rings. The zero-order valence-electron chi connectivity index (χ0n) is 16.3. The lowest BCUT2D eigenvalue weighted by Crippen LogP contribution is -2.34. The Hall–Kier alpha value is -3.68. The van der Waals surface area contributed by atoms with Gasteiger partial charge in [-0.25, -0.2) is 9.78 Å². The zero-order valence-corrected chi connectivity index (χ0v) is 16.3. The molecule has 0 aliphatic heterocycles. The third kappa shape index (κ3) is 5.65. The summed E-state index contributed by atoms with van der Waals surface area (Å²) >= 11 is 0. The topological polar surface area (TPSA) is 116 Å². The van der Waals surface area contributed by atoms with Gasteiger partial charge in [0, 0.05) is 30.3 Å². The normalized spacial score (nSPS) is 10.7. The quantitative estimate of drug-likeness (QED) is 0.515. The molecule has 8 nitrogen and oxygen atoms in total. The van der Waals surface area contributed by atoms with Gasteiger partial charge in [-0.3, -0.25) is 9.59 Å². The van der Waals surface area contributed by atoms with Crippen molar-refractivity contribution in [2.24, 2.45) is 0 Å². The molecule has 0 spiro atoms. The summed E-state index contributed by atoms with van der Waals surface area (Å²) in [6, 6.07) is 13.7.